The van der Waals surface area contributed by atoms with Crippen LogP contribution in [0.3, 0.4) is 0 Å². The fraction of sp³-hybridized carbons (Fsp3) is 0.500. The summed E-state index contributed by atoms with van der Waals surface area (Å²) in [6.07, 6.45) is 2.90. The fourth-order valence-electron chi connectivity index (χ4n) is 1.75. The molecule has 0 saturated heterocycles. The molecule has 0 spiro atoms. The average molecular weight is 219 g/mol. The normalized spacial score (nSPS) is 10.2. The highest BCUT2D eigenvalue weighted by atomic mass is 16.1. The van der Waals surface area contributed by atoms with E-state index in [9.17, 15) is 4.79 Å². The van der Waals surface area contributed by atoms with Gasteiger partial charge >= 0.3 is 0 Å². The first-order chi connectivity index (χ1) is 7.70. The number of carbonyl (C=O) groups excluding carboxylic acids is 1. The number of ketones is 1. The lowest BCUT2D eigenvalue weighted by Crippen LogP contribution is -2.20. The molecule has 0 radical (unpaired) electrons. The number of anilines is 1. The van der Waals surface area contributed by atoms with Gasteiger partial charge < -0.3 is 4.90 Å². The SMILES string of the molecule is CCCCN(C)c1ccccc1C(=O)CC. The van der Waals surface area contributed by atoms with Crippen molar-refractivity contribution in [3.8, 4) is 0 Å². The summed E-state index contributed by atoms with van der Waals surface area (Å²) < 4.78 is 0. The number of Topliss-reactive ketones (excluding diaryl/α,β-unsaturated/α-hetero) is 1. The highest BCUT2D eigenvalue weighted by Crippen LogP contribution is 2.20. The Morgan fingerprint density at radius 2 is 1.94 bits per heavy atom. The van der Waals surface area contributed by atoms with Crippen LogP contribution in [-0.2, 0) is 0 Å². The summed E-state index contributed by atoms with van der Waals surface area (Å²) >= 11 is 0. The minimum absolute atomic E-state index is 0.221. The van der Waals surface area contributed by atoms with Crippen LogP contribution >= 0.6 is 0 Å². The maximum Gasteiger partial charge on any atom is 0.164 e. The van der Waals surface area contributed by atoms with Gasteiger partial charge in [0.05, 0.1) is 0 Å². The molecule has 0 unspecified atom stereocenters. The highest BCUT2D eigenvalue weighted by molar-refractivity contribution is 6.01. The molecular formula is C14H21NO. The molecule has 0 amide bonds. The van der Waals surface area contributed by atoms with Crippen molar-refractivity contribution in [1.82, 2.24) is 0 Å². The predicted octanol–water partition coefficient (Wildman–Crippen LogP) is 3.52. The molecule has 1 aromatic rings. The van der Waals surface area contributed by atoms with E-state index in [2.05, 4.69) is 18.9 Å². The maximum absolute atomic E-state index is 11.8. The number of unbranched alkanes of at least 4 members (excludes halogenated alkanes) is 1. The third kappa shape index (κ3) is 3.09. The molecule has 0 aromatic heterocycles. The lowest BCUT2D eigenvalue weighted by Gasteiger charge is -2.21. The molecule has 2 nitrogen and oxygen atoms in total. The zero-order valence-corrected chi connectivity index (χ0v) is 10.5. The van der Waals surface area contributed by atoms with E-state index in [4.69, 9.17) is 0 Å². The first kappa shape index (κ1) is 12.8. The number of nitrogens with zero attached hydrogens (tertiary/aromatic N) is 1. The number of hydrogen-bond donors (Lipinski definition) is 0. The first-order valence-corrected chi connectivity index (χ1v) is 6.04. The summed E-state index contributed by atoms with van der Waals surface area (Å²) in [4.78, 5) is 14.0. The second-order valence-electron chi connectivity index (χ2n) is 4.07. The van der Waals surface area contributed by atoms with Gasteiger partial charge in [-0.15, -0.1) is 0 Å². The Balaban J connectivity index is 2.89. The second kappa shape index (κ2) is 6.31. The molecule has 2 heteroatoms. The summed E-state index contributed by atoms with van der Waals surface area (Å²) in [5.41, 5.74) is 1.91. The standard InChI is InChI=1S/C14H21NO/c1-4-6-11-15(3)13-10-8-7-9-12(13)14(16)5-2/h7-10H,4-6,11H2,1-3H3. The van der Waals surface area contributed by atoms with Gasteiger partial charge in [-0.3, -0.25) is 4.79 Å². The third-order valence-corrected chi connectivity index (χ3v) is 2.78. The van der Waals surface area contributed by atoms with Crippen molar-refractivity contribution < 1.29 is 4.79 Å². The summed E-state index contributed by atoms with van der Waals surface area (Å²) in [7, 11) is 2.05. The Morgan fingerprint density at radius 1 is 1.25 bits per heavy atom. The van der Waals surface area contributed by atoms with Crippen molar-refractivity contribution in [1.29, 1.82) is 0 Å². The lowest BCUT2D eigenvalue weighted by atomic mass is 10.1. The Morgan fingerprint density at radius 3 is 2.56 bits per heavy atom. The Kier molecular flexibility index (Phi) is 5.03. The van der Waals surface area contributed by atoms with Gasteiger partial charge in [-0.05, 0) is 18.6 Å². The second-order valence-corrected chi connectivity index (χ2v) is 4.07. The van der Waals surface area contributed by atoms with Crippen molar-refractivity contribution in [2.24, 2.45) is 0 Å². The van der Waals surface area contributed by atoms with Crippen LogP contribution in [0, 0.1) is 0 Å². The Labute approximate surface area is 98.3 Å². The molecule has 0 aliphatic carbocycles. The van der Waals surface area contributed by atoms with Gasteiger partial charge in [0.25, 0.3) is 0 Å². The van der Waals surface area contributed by atoms with Crippen LogP contribution in [0.5, 0.6) is 0 Å². The van der Waals surface area contributed by atoms with E-state index < -0.39 is 0 Å². The summed E-state index contributed by atoms with van der Waals surface area (Å²) in [5, 5.41) is 0. The molecule has 0 heterocycles. The quantitative estimate of drug-likeness (QED) is 0.682. The van der Waals surface area contributed by atoms with Crippen LogP contribution in [0.4, 0.5) is 5.69 Å². The van der Waals surface area contributed by atoms with E-state index >= 15 is 0 Å². The topological polar surface area (TPSA) is 20.3 Å². The van der Waals surface area contributed by atoms with Gasteiger partial charge in [0, 0.05) is 31.3 Å². The van der Waals surface area contributed by atoms with Crippen molar-refractivity contribution in [2.75, 3.05) is 18.5 Å². The first-order valence-electron chi connectivity index (χ1n) is 6.04. The molecular weight excluding hydrogens is 198 g/mol. The maximum atomic E-state index is 11.8. The molecule has 0 fully saturated rings. The largest absolute Gasteiger partial charge is 0.374 e. The Hall–Kier alpha value is -1.31. The minimum atomic E-state index is 0.221. The Bertz CT molecular complexity index is 346. The highest BCUT2D eigenvalue weighted by Gasteiger charge is 2.11. The molecule has 1 aromatic carbocycles. The van der Waals surface area contributed by atoms with Crippen LogP contribution in [0.2, 0.25) is 0 Å². The van der Waals surface area contributed by atoms with Crippen LogP contribution in [-0.4, -0.2) is 19.4 Å². The van der Waals surface area contributed by atoms with Crippen LogP contribution in [0.25, 0.3) is 0 Å². The minimum Gasteiger partial charge on any atom is -0.374 e. The molecule has 0 saturated carbocycles. The smallest absolute Gasteiger partial charge is 0.164 e. The number of rotatable bonds is 6. The molecule has 0 bridgehead atoms. The van der Waals surface area contributed by atoms with E-state index in [1.165, 1.54) is 6.42 Å². The van der Waals surface area contributed by atoms with Crippen molar-refractivity contribution in [3.63, 3.8) is 0 Å². The molecule has 0 N–H and O–H groups in total. The van der Waals surface area contributed by atoms with Crippen molar-refractivity contribution in [3.05, 3.63) is 29.8 Å². The fourth-order valence-corrected chi connectivity index (χ4v) is 1.75. The van der Waals surface area contributed by atoms with E-state index in [1.54, 1.807) is 0 Å². The predicted molar refractivity (Wildman–Crippen MR) is 69.2 cm³/mol. The average Bonchev–Trinajstić information content (AvgIpc) is 2.35. The van der Waals surface area contributed by atoms with E-state index in [0.29, 0.717) is 6.42 Å². The van der Waals surface area contributed by atoms with Gasteiger partial charge in [0.2, 0.25) is 0 Å². The summed E-state index contributed by atoms with van der Waals surface area (Å²) in [6.45, 7) is 5.09. The number of benzene rings is 1. The molecule has 88 valence electrons. The molecule has 0 aliphatic rings. The van der Waals surface area contributed by atoms with Crippen LogP contribution in [0.1, 0.15) is 43.5 Å². The molecule has 1 rings (SSSR count). The number of para-hydroxylation sites is 1. The van der Waals surface area contributed by atoms with Crippen LogP contribution < -0.4 is 4.90 Å². The van der Waals surface area contributed by atoms with E-state index in [-0.39, 0.29) is 5.78 Å². The van der Waals surface area contributed by atoms with Crippen molar-refractivity contribution in [2.45, 2.75) is 33.1 Å². The zero-order chi connectivity index (χ0) is 12.0. The van der Waals surface area contributed by atoms with Crippen LogP contribution in [0.15, 0.2) is 24.3 Å². The van der Waals surface area contributed by atoms with Gasteiger partial charge in [-0.1, -0.05) is 32.4 Å². The van der Waals surface area contributed by atoms with E-state index in [0.717, 1.165) is 24.2 Å². The van der Waals surface area contributed by atoms with E-state index in [1.807, 2.05) is 31.2 Å². The number of carbonyl (C=O) groups is 1. The molecule has 0 aliphatic heterocycles. The molecule has 0 atom stereocenters. The lowest BCUT2D eigenvalue weighted by molar-refractivity contribution is 0.0988. The summed E-state index contributed by atoms with van der Waals surface area (Å²) in [5.74, 6) is 0.221. The monoisotopic (exact) mass is 219 g/mol. The van der Waals surface area contributed by atoms with Gasteiger partial charge in [-0.2, -0.15) is 0 Å². The van der Waals surface area contributed by atoms with Gasteiger partial charge in [-0.25, -0.2) is 0 Å². The van der Waals surface area contributed by atoms with Gasteiger partial charge in [0.1, 0.15) is 0 Å². The summed E-state index contributed by atoms with van der Waals surface area (Å²) in [6, 6.07) is 7.87. The number of hydrogen-bond acceptors (Lipinski definition) is 2. The van der Waals surface area contributed by atoms with Gasteiger partial charge in [0.15, 0.2) is 5.78 Å². The molecule has 16 heavy (non-hydrogen) atoms. The zero-order valence-electron chi connectivity index (χ0n) is 10.5. The third-order valence-electron chi connectivity index (χ3n) is 2.78. The van der Waals surface area contributed by atoms with Crippen molar-refractivity contribution >= 4 is 11.5 Å².